The van der Waals surface area contributed by atoms with Crippen molar-refractivity contribution in [1.82, 2.24) is 5.32 Å². The van der Waals surface area contributed by atoms with Crippen LogP contribution >= 0.6 is 11.6 Å². The van der Waals surface area contributed by atoms with Gasteiger partial charge in [0.1, 0.15) is 0 Å². The first-order valence-corrected chi connectivity index (χ1v) is 9.11. The number of amides is 1. The van der Waals surface area contributed by atoms with Crippen LogP contribution in [-0.2, 0) is 9.53 Å². The minimum Gasteiger partial charge on any atom is -0.452 e. The quantitative estimate of drug-likeness (QED) is 0.401. The molecule has 1 N–H and O–H groups in total. The van der Waals surface area contributed by atoms with E-state index in [-0.39, 0.29) is 22.3 Å². The molecule has 2 aromatic rings. The lowest BCUT2D eigenvalue weighted by molar-refractivity contribution is -0.384. The molecule has 0 aliphatic rings. The largest absolute Gasteiger partial charge is 0.452 e. The van der Waals surface area contributed by atoms with E-state index in [4.69, 9.17) is 16.3 Å². The Kier molecular flexibility index (Phi) is 7.52. The molecule has 28 heavy (non-hydrogen) atoms. The molecule has 0 radical (unpaired) electrons. The first kappa shape index (κ1) is 21.4. The van der Waals surface area contributed by atoms with Gasteiger partial charge in [0.15, 0.2) is 6.61 Å². The number of hydrogen-bond donors (Lipinski definition) is 1. The highest BCUT2D eigenvalue weighted by atomic mass is 35.5. The molecule has 0 saturated carbocycles. The van der Waals surface area contributed by atoms with Crippen molar-refractivity contribution in [2.75, 3.05) is 6.61 Å². The molecule has 8 heteroatoms. The SMILES string of the molecule is CC(C)C[C@H](NC(=O)COC(=O)c1cc([N+](=O)[O-])ccc1Cl)c1ccccc1. The second-order valence-corrected chi connectivity index (χ2v) is 7.06. The zero-order valence-electron chi connectivity index (χ0n) is 15.6. The van der Waals surface area contributed by atoms with Crippen LogP contribution in [0.15, 0.2) is 48.5 Å². The van der Waals surface area contributed by atoms with Crippen LogP contribution in [0.3, 0.4) is 0 Å². The van der Waals surface area contributed by atoms with Gasteiger partial charge in [-0.25, -0.2) is 4.79 Å². The molecule has 0 unspecified atom stereocenters. The molecule has 1 amide bonds. The van der Waals surface area contributed by atoms with Crippen molar-refractivity contribution in [2.45, 2.75) is 26.3 Å². The van der Waals surface area contributed by atoms with Gasteiger partial charge in [0.2, 0.25) is 0 Å². The molecule has 7 nitrogen and oxygen atoms in total. The topological polar surface area (TPSA) is 98.5 Å². The minimum absolute atomic E-state index is 0.0120. The van der Waals surface area contributed by atoms with Gasteiger partial charge in [0.25, 0.3) is 11.6 Å². The van der Waals surface area contributed by atoms with Gasteiger partial charge in [-0.3, -0.25) is 14.9 Å². The molecule has 0 aliphatic heterocycles. The van der Waals surface area contributed by atoms with Crippen LogP contribution in [0, 0.1) is 16.0 Å². The summed E-state index contributed by atoms with van der Waals surface area (Å²) in [5, 5.41) is 13.7. The highest BCUT2D eigenvalue weighted by Gasteiger charge is 2.20. The van der Waals surface area contributed by atoms with Crippen molar-refractivity contribution in [1.29, 1.82) is 0 Å². The molecule has 0 aromatic heterocycles. The first-order chi connectivity index (χ1) is 13.3. The third-order valence-corrected chi connectivity index (χ3v) is 4.29. The van der Waals surface area contributed by atoms with Gasteiger partial charge in [-0.1, -0.05) is 55.8 Å². The number of non-ortho nitro benzene ring substituents is 1. The van der Waals surface area contributed by atoms with Crippen molar-refractivity contribution >= 4 is 29.2 Å². The van der Waals surface area contributed by atoms with Crippen LogP contribution in [0.1, 0.15) is 42.2 Å². The Morgan fingerprint density at radius 3 is 2.46 bits per heavy atom. The normalized spacial score (nSPS) is 11.7. The Hall–Kier alpha value is -2.93. The number of carbonyl (C=O) groups excluding carboxylic acids is 2. The summed E-state index contributed by atoms with van der Waals surface area (Å²) < 4.78 is 4.99. The molecule has 0 fully saturated rings. The third kappa shape index (κ3) is 6.06. The molecule has 148 valence electrons. The number of carbonyl (C=O) groups is 2. The van der Waals surface area contributed by atoms with E-state index < -0.39 is 23.4 Å². The van der Waals surface area contributed by atoms with E-state index in [1.165, 1.54) is 12.1 Å². The summed E-state index contributed by atoms with van der Waals surface area (Å²) >= 11 is 5.91. The Labute approximate surface area is 167 Å². The molecule has 1 atom stereocenters. The van der Waals surface area contributed by atoms with Gasteiger partial charge in [-0.15, -0.1) is 0 Å². The van der Waals surface area contributed by atoms with Crippen LogP contribution in [-0.4, -0.2) is 23.4 Å². The fraction of sp³-hybridized carbons (Fsp3) is 0.300. The fourth-order valence-corrected chi connectivity index (χ4v) is 2.86. The lowest BCUT2D eigenvalue weighted by Gasteiger charge is -2.21. The predicted octanol–water partition coefficient (Wildman–Crippen LogP) is 4.31. The van der Waals surface area contributed by atoms with E-state index in [1.807, 2.05) is 44.2 Å². The molecular weight excluding hydrogens is 384 g/mol. The van der Waals surface area contributed by atoms with Crippen molar-refractivity contribution in [3.8, 4) is 0 Å². The maximum Gasteiger partial charge on any atom is 0.340 e. The van der Waals surface area contributed by atoms with Crippen molar-refractivity contribution in [3.63, 3.8) is 0 Å². The van der Waals surface area contributed by atoms with E-state index in [2.05, 4.69) is 5.32 Å². The van der Waals surface area contributed by atoms with Crippen molar-refractivity contribution < 1.29 is 19.2 Å². The fourth-order valence-electron chi connectivity index (χ4n) is 2.66. The number of nitrogens with zero attached hydrogens (tertiary/aromatic N) is 1. The highest BCUT2D eigenvalue weighted by Crippen LogP contribution is 2.23. The number of benzene rings is 2. The maximum absolute atomic E-state index is 12.3. The zero-order chi connectivity index (χ0) is 20.7. The average Bonchev–Trinajstić information content (AvgIpc) is 2.66. The Morgan fingerprint density at radius 2 is 1.86 bits per heavy atom. The number of nitro groups is 1. The molecule has 0 saturated heterocycles. The number of esters is 1. The number of nitro benzene ring substituents is 1. The van der Waals surface area contributed by atoms with Crippen molar-refractivity contribution in [2.24, 2.45) is 5.92 Å². The molecule has 0 bridgehead atoms. The van der Waals surface area contributed by atoms with Gasteiger partial charge in [-0.05, 0) is 24.0 Å². The Morgan fingerprint density at radius 1 is 1.18 bits per heavy atom. The number of rotatable bonds is 8. The molecular formula is C20H21ClN2O5. The highest BCUT2D eigenvalue weighted by molar-refractivity contribution is 6.33. The van der Waals surface area contributed by atoms with E-state index >= 15 is 0 Å². The van der Waals surface area contributed by atoms with Crippen molar-refractivity contribution in [3.05, 3.63) is 74.8 Å². The first-order valence-electron chi connectivity index (χ1n) is 8.73. The molecule has 0 spiro atoms. The second kappa shape index (κ2) is 9.85. The zero-order valence-corrected chi connectivity index (χ0v) is 16.3. The Bertz CT molecular complexity index is 855. The number of hydrogen-bond acceptors (Lipinski definition) is 5. The summed E-state index contributed by atoms with van der Waals surface area (Å²) in [5.74, 6) is -1.02. The maximum atomic E-state index is 12.3. The van der Waals surface area contributed by atoms with Crippen LogP contribution < -0.4 is 5.32 Å². The van der Waals surface area contributed by atoms with Gasteiger partial charge in [0, 0.05) is 12.1 Å². The summed E-state index contributed by atoms with van der Waals surface area (Å²) in [6, 6.07) is 12.7. The van der Waals surface area contributed by atoms with Gasteiger partial charge in [-0.2, -0.15) is 0 Å². The smallest absolute Gasteiger partial charge is 0.340 e. The predicted molar refractivity (Wildman–Crippen MR) is 105 cm³/mol. The van der Waals surface area contributed by atoms with Crippen LogP contribution in [0.4, 0.5) is 5.69 Å². The van der Waals surface area contributed by atoms with Gasteiger partial charge in [0.05, 0.1) is 21.6 Å². The number of halogens is 1. The molecule has 0 aliphatic carbocycles. The standard InChI is InChI=1S/C20H21ClN2O5/c1-13(2)10-18(14-6-4-3-5-7-14)22-19(24)12-28-20(25)16-11-15(23(26)27)8-9-17(16)21/h3-9,11,13,18H,10,12H2,1-2H3,(H,22,24)/t18-/m0/s1. The summed E-state index contributed by atoms with van der Waals surface area (Å²) in [6.07, 6.45) is 0.723. The van der Waals surface area contributed by atoms with E-state index in [0.29, 0.717) is 5.92 Å². The van der Waals surface area contributed by atoms with Crippen LogP contribution in [0.5, 0.6) is 0 Å². The summed E-state index contributed by atoms with van der Waals surface area (Å²) in [6.45, 7) is 3.58. The monoisotopic (exact) mass is 404 g/mol. The molecule has 0 heterocycles. The summed E-state index contributed by atoms with van der Waals surface area (Å²) in [5.41, 5.74) is 0.505. The van der Waals surface area contributed by atoms with Crippen LogP contribution in [0.2, 0.25) is 5.02 Å². The van der Waals surface area contributed by atoms with Crippen LogP contribution in [0.25, 0.3) is 0 Å². The van der Waals surface area contributed by atoms with E-state index in [0.717, 1.165) is 18.1 Å². The lowest BCUT2D eigenvalue weighted by atomic mass is 9.97. The minimum atomic E-state index is -0.899. The second-order valence-electron chi connectivity index (χ2n) is 6.66. The van der Waals surface area contributed by atoms with Gasteiger partial charge < -0.3 is 10.1 Å². The number of nitrogens with one attached hydrogen (secondary N) is 1. The average molecular weight is 405 g/mol. The van der Waals surface area contributed by atoms with Gasteiger partial charge >= 0.3 is 5.97 Å². The molecule has 2 aromatic carbocycles. The summed E-state index contributed by atoms with van der Waals surface area (Å²) in [7, 11) is 0. The van der Waals surface area contributed by atoms with E-state index in [1.54, 1.807) is 0 Å². The molecule has 2 rings (SSSR count). The third-order valence-electron chi connectivity index (χ3n) is 3.96. The Balaban J connectivity index is 2.01. The lowest BCUT2D eigenvalue weighted by Crippen LogP contribution is -2.33. The van der Waals surface area contributed by atoms with E-state index in [9.17, 15) is 19.7 Å². The summed E-state index contributed by atoms with van der Waals surface area (Å²) in [4.78, 5) is 34.6. The number of ether oxygens (including phenoxy) is 1.